The second-order valence-electron chi connectivity index (χ2n) is 9.10. The summed E-state index contributed by atoms with van der Waals surface area (Å²) in [5.41, 5.74) is 10.5. The van der Waals surface area contributed by atoms with Crippen LogP contribution in [-0.4, -0.2) is 50.8 Å². The zero-order valence-electron chi connectivity index (χ0n) is 20.1. The number of hydrogen-bond acceptors (Lipinski definition) is 6. The molecule has 2 N–H and O–H groups in total. The third-order valence-corrected chi connectivity index (χ3v) is 6.90. The zero-order valence-corrected chi connectivity index (χ0v) is 20.8. The Hall–Kier alpha value is -4.01. The van der Waals surface area contributed by atoms with E-state index < -0.39 is 0 Å². The van der Waals surface area contributed by atoms with E-state index in [4.69, 9.17) is 32.4 Å². The average Bonchev–Trinajstić information content (AvgIpc) is 3.26. The van der Waals surface area contributed by atoms with Gasteiger partial charge in [-0.2, -0.15) is 4.98 Å². The van der Waals surface area contributed by atoms with Crippen molar-refractivity contribution in [1.82, 2.24) is 24.6 Å². The van der Waals surface area contributed by atoms with E-state index in [-0.39, 0.29) is 5.82 Å². The average molecular weight is 514 g/mol. The lowest BCUT2D eigenvalue weighted by Crippen LogP contribution is -2.46. The Morgan fingerprint density at radius 2 is 1.54 bits per heavy atom. The molecule has 37 heavy (non-hydrogen) atoms. The highest BCUT2D eigenvalue weighted by Gasteiger charge is 2.24. The molecule has 0 unspecified atom stereocenters. The summed E-state index contributed by atoms with van der Waals surface area (Å²) in [4.78, 5) is 14.4. The van der Waals surface area contributed by atoms with E-state index in [1.165, 1.54) is 17.7 Å². The molecule has 0 amide bonds. The van der Waals surface area contributed by atoms with Gasteiger partial charge in [-0.1, -0.05) is 41.9 Å². The van der Waals surface area contributed by atoms with Crippen molar-refractivity contribution in [2.75, 3.05) is 36.8 Å². The molecule has 0 radical (unpaired) electrons. The van der Waals surface area contributed by atoms with Gasteiger partial charge in [-0.15, -0.1) is 5.10 Å². The second-order valence-corrected chi connectivity index (χ2v) is 9.54. The van der Waals surface area contributed by atoms with Crippen molar-refractivity contribution < 1.29 is 4.39 Å². The van der Waals surface area contributed by atoms with Gasteiger partial charge in [0, 0.05) is 43.3 Å². The van der Waals surface area contributed by atoms with Gasteiger partial charge in [0.1, 0.15) is 11.6 Å². The number of nitrogens with zero attached hydrogens (tertiary/aromatic N) is 6. The number of piperazine rings is 1. The molecule has 0 atom stereocenters. The van der Waals surface area contributed by atoms with E-state index in [1.54, 1.807) is 28.9 Å². The third-order valence-electron chi connectivity index (χ3n) is 6.65. The van der Waals surface area contributed by atoms with Crippen LogP contribution in [0.1, 0.15) is 5.56 Å². The Labute approximate surface area is 218 Å². The van der Waals surface area contributed by atoms with E-state index in [0.29, 0.717) is 33.5 Å². The number of anilines is 2. The number of nitrogens with two attached hydrogens (primary N) is 1. The van der Waals surface area contributed by atoms with Gasteiger partial charge in [0.2, 0.25) is 5.95 Å². The van der Waals surface area contributed by atoms with Crippen molar-refractivity contribution in [2.45, 2.75) is 6.54 Å². The number of halogens is 2. The van der Waals surface area contributed by atoms with E-state index in [9.17, 15) is 4.39 Å². The van der Waals surface area contributed by atoms with Crippen molar-refractivity contribution in [3.05, 3.63) is 95.3 Å². The van der Waals surface area contributed by atoms with Crippen LogP contribution in [-0.2, 0) is 6.54 Å². The summed E-state index contributed by atoms with van der Waals surface area (Å²) in [6.07, 6.45) is 0. The molecule has 0 saturated carbocycles. The monoisotopic (exact) mass is 513 g/mol. The first-order valence-corrected chi connectivity index (χ1v) is 12.5. The van der Waals surface area contributed by atoms with E-state index in [0.717, 1.165) is 44.0 Å². The standard InChI is InChI=1S/C28H25ClFN7/c29-21-8-12-23(13-9-21)37-26(31)24-25(20-6-10-22(30)11-7-20)32-28(33-27(24)34-37)36-16-14-35(15-17-36)18-19-4-2-1-3-5-19/h1-13H,14-18,31H2. The van der Waals surface area contributed by atoms with Crippen LogP contribution in [0.2, 0.25) is 5.02 Å². The number of aromatic nitrogens is 4. The minimum atomic E-state index is -0.311. The smallest absolute Gasteiger partial charge is 0.228 e. The molecule has 1 aliphatic rings. The first-order valence-electron chi connectivity index (χ1n) is 12.1. The normalized spacial score (nSPS) is 14.4. The van der Waals surface area contributed by atoms with Crippen molar-refractivity contribution >= 4 is 34.4 Å². The number of fused-ring (bicyclic) bond motifs is 1. The number of nitrogen functional groups attached to an aromatic ring is 1. The highest BCUT2D eigenvalue weighted by atomic mass is 35.5. The topological polar surface area (TPSA) is 76.1 Å². The fraction of sp³-hybridized carbons (Fsp3) is 0.179. The number of benzene rings is 3. The van der Waals surface area contributed by atoms with Crippen molar-refractivity contribution in [2.24, 2.45) is 0 Å². The zero-order chi connectivity index (χ0) is 25.4. The van der Waals surface area contributed by atoms with Crippen LogP contribution < -0.4 is 10.6 Å². The summed E-state index contributed by atoms with van der Waals surface area (Å²) in [6.45, 7) is 4.27. The molecule has 7 nitrogen and oxygen atoms in total. The highest BCUT2D eigenvalue weighted by molar-refractivity contribution is 6.30. The summed E-state index contributed by atoms with van der Waals surface area (Å²) in [5, 5.41) is 5.99. The Balaban J connectivity index is 1.36. The quantitative estimate of drug-likeness (QED) is 0.349. The van der Waals surface area contributed by atoms with Crippen LogP contribution in [0.15, 0.2) is 78.9 Å². The first kappa shape index (κ1) is 23.4. The van der Waals surface area contributed by atoms with Crippen LogP contribution in [0.3, 0.4) is 0 Å². The lowest BCUT2D eigenvalue weighted by atomic mass is 10.1. The summed E-state index contributed by atoms with van der Waals surface area (Å²) in [5.74, 6) is 0.691. The molecule has 9 heteroatoms. The molecule has 1 saturated heterocycles. The van der Waals surface area contributed by atoms with Crippen molar-refractivity contribution in [1.29, 1.82) is 0 Å². The van der Waals surface area contributed by atoms with Crippen molar-refractivity contribution in [3.8, 4) is 16.9 Å². The second kappa shape index (κ2) is 9.80. The third kappa shape index (κ3) is 4.73. The molecule has 3 aromatic carbocycles. The fourth-order valence-corrected chi connectivity index (χ4v) is 4.81. The molecule has 0 aliphatic carbocycles. The minimum Gasteiger partial charge on any atom is -0.383 e. The molecule has 1 fully saturated rings. The maximum atomic E-state index is 13.7. The summed E-state index contributed by atoms with van der Waals surface area (Å²) < 4.78 is 15.4. The highest BCUT2D eigenvalue weighted by Crippen LogP contribution is 2.34. The van der Waals surface area contributed by atoms with Crippen LogP contribution in [0.4, 0.5) is 16.2 Å². The van der Waals surface area contributed by atoms with Gasteiger partial charge in [-0.25, -0.2) is 14.1 Å². The van der Waals surface area contributed by atoms with Crippen LogP contribution >= 0.6 is 11.6 Å². The van der Waals surface area contributed by atoms with E-state index in [1.807, 2.05) is 18.2 Å². The summed E-state index contributed by atoms with van der Waals surface area (Å²) in [7, 11) is 0. The van der Waals surface area contributed by atoms with E-state index >= 15 is 0 Å². The maximum absolute atomic E-state index is 13.7. The molecule has 5 aromatic rings. The lowest BCUT2D eigenvalue weighted by molar-refractivity contribution is 0.249. The molecule has 1 aliphatic heterocycles. The lowest BCUT2D eigenvalue weighted by Gasteiger charge is -2.34. The predicted octanol–water partition coefficient (Wildman–Crippen LogP) is 5.18. The molecular weight excluding hydrogens is 489 g/mol. The Morgan fingerprint density at radius 3 is 2.24 bits per heavy atom. The first-order chi connectivity index (χ1) is 18.0. The molecule has 3 heterocycles. The van der Waals surface area contributed by atoms with Gasteiger partial charge in [0.05, 0.1) is 16.8 Å². The van der Waals surface area contributed by atoms with E-state index in [2.05, 4.69) is 34.1 Å². The molecule has 2 aromatic heterocycles. The SMILES string of the molecule is Nc1c2c(-c3ccc(F)cc3)nc(N3CCN(Cc4ccccc4)CC3)nc2nn1-c1ccc(Cl)cc1. The molecule has 6 rings (SSSR count). The molecule has 0 spiro atoms. The van der Waals surface area contributed by atoms with Gasteiger partial charge in [0.15, 0.2) is 5.65 Å². The summed E-state index contributed by atoms with van der Waals surface area (Å²) >= 11 is 6.08. The Morgan fingerprint density at radius 1 is 0.838 bits per heavy atom. The van der Waals surface area contributed by atoms with Crippen LogP contribution in [0, 0.1) is 5.82 Å². The maximum Gasteiger partial charge on any atom is 0.228 e. The molecular formula is C28H25ClFN7. The Bertz CT molecular complexity index is 1530. The molecule has 0 bridgehead atoms. The predicted molar refractivity (Wildman–Crippen MR) is 145 cm³/mol. The number of rotatable bonds is 5. The fourth-order valence-electron chi connectivity index (χ4n) is 4.68. The van der Waals surface area contributed by atoms with Gasteiger partial charge in [-0.05, 0) is 54.1 Å². The van der Waals surface area contributed by atoms with Gasteiger partial charge in [0.25, 0.3) is 0 Å². The van der Waals surface area contributed by atoms with Gasteiger partial charge in [-0.3, -0.25) is 4.90 Å². The van der Waals surface area contributed by atoms with Crippen LogP contribution in [0.5, 0.6) is 0 Å². The number of hydrogen-bond donors (Lipinski definition) is 1. The van der Waals surface area contributed by atoms with Gasteiger partial charge >= 0.3 is 0 Å². The van der Waals surface area contributed by atoms with Crippen LogP contribution in [0.25, 0.3) is 28.0 Å². The van der Waals surface area contributed by atoms with Gasteiger partial charge < -0.3 is 10.6 Å². The Kier molecular flexibility index (Phi) is 6.20. The van der Waals surface area contributed by atoms with Crippen molar-refractivity contribution in [3.63, 3.8) is 0 Å². The summed E-state index contributed by atoms with van der Waals surface area (Å²) in [6, 6.07) is 24.0. The molecule has 186 valence electrons. The minimum absolute atomic E-state index is 0.311. The largest absolute Gasteiger partial charge is 0.383 e.